The maximum Gasteiger partial charge on any atom is 0.326 e. The highest BCUT2D eigenvalue weighted by molar-refractivity contribution is 7.80. The molecule has 0 radical (unpaired) electrons. The summed E-state index contributed by atoms with van der Waals surface area (Å²) in [5.41, 5.74) is 11.8. The number of aliphatic carboxylic acids is 1. The number of carbonyl (C=O) groups is 8. The second-order valence-corrected chi connectivity index (χ2v) is 15.4. The molecule has 4 rings (SSSR count). The van der Waals surface area contributed by atoms with Crippen LogP contribution in [0.1, 0.15) is 63.4 Å². The molecule has 1 aromatic rings. The van der Waals surface area contributed by atoms with Crippen LogP contribution in [0, 0.1) is 0 Å². The van der Waals surface area contributed by atoms with Crippen LogP contribution in [0.3, 0.4) is 0 Å². The number of carboxylic acids is 1. The predicted molar refractivity (Wildman–Crippen MR) is 214 cm³/mol. The number of hydrogen-bond donors (Lipinski definition) is 10. The van der Waals surface area contributed by atoms with Crippen molar-refractivity contribution in [3.05, 3.63) is 29.8 Å². The van der Waals surface area contributed by atoms with Gasteiger partial charge in [0.05, 0.1) is 13.2 Å². The van der Waals surface area contributed by atoms with Crippen LogP contribution >= 0.6 is 12.6 Å². The Morgan fingerprint density at radius 2 is 1.37 bits per heavy atom. The van der Waals surface area contributed by atoms with Gasteiger partial charge in [0.1, 0.15) is 48.0 Å². The van der Waals surface area contributed by atoms with Gasteiger partial charge in [-0.25, -0.2) is 4.79 Å². The molecule has 0 aliphatic carbocycles. The number of nitrogens with two attached hydrogens (primary N) is 2. The molecule has 0 spiro atoms. The van der Waals surface area contributed by atoms with E-state index in [2.05, 4.69) is 33.9 Å². The molecule has 3 saturated heterocycles. The molecule has 1 aromatic carbocycles. The molecule has 0 unspecified atom stereocenters. The van der Waals surface area contributed by atoms with Crippen molar-refractivity contribution in [2.75, 3.05) is 45.1 Å². The first-order chi connectivity index (χ1) is 28.2. The number of hydrogen-bond acceptors (Lipinski definition) is 13. The SMILES string of the molecule is NCCCC[C@H](NC(=O)[C@@H](N)CO)C(=O)N[C@@H](Cc1ccc(O)cc1)C(=O)NCC(=O)N1CCC[C@H]1C(=O)N[C@@H](CS)C(=O)N1CCC[C@H]1C(=O)N1CCC[C@H]1C(=O)O. The van der Waals surface area contributed by atoms with Crippen LogP contribution in [0.15, 0.2) is 24.3 Å². The van der Waals surface area contributed by atoms with Crippen molar-refractivity contribution >= 4 is 59.9 Å². The topological polar surface area (TPSA) is 307 Å². The highest BCUT2D eigenvalue weighted by atomic mass is 32.1. The van der Waals surface area contributed by atoms with Crippen LogP contribution in [-0.2, 0) is 44.8 Å². The molecule has 21 heteroatoms. The highest BCUT2D eigenvalue weighted by Gasteiger charge is 2.44. The molecule has 11 N–H and O–H groups in total. The average Bonchev–Trinajstić information content (AvgIpc) is 4.03. The lowest BCUT2D eigenvalue weighted by Gasteiger charge is -2.32. The number of carboxylic acid groups (broad SMARTS) is 1. The van der Waals surface area contributed by atoms with E-state index in [0.717, 1.165) is 0 Å². The molecule has 3 heterocycles. The normalized spacial score (nSPS) is 20.9. The Labute approximate surface area is 347 Å². The van der Waals surface area contributed by atoms with Crippen LogP contribution in [0.5, 0.6) is 5.75 Å². The van der Waals surface area contributed by atoms with Gasteiger partial charge in [0.15, 0.2) is 0 Å². The van der Waals surface area contributed by atoms with Crippen molar-refractivity contribution < 1.29 is 53.7 Å². The van der Waals surface area contributed by atoms with Crippen LogP contribution < -0.4 is 32.7 Å². The Bertz CT molecular complexity index is 1690. The highest BCUT2D eigenvalue weighted by Crippen LogP contribution is 2.26. The molecule has 20 nitrogen and oxygen atoms in total. The fourth-order valence-electron chi connectivity index (χ4n) is 7.62. The molecule has 326 valence electrons. The van der Waals surface area contributed by atoms with Crippen molar-refractivity contribution in [1.82, 2.24) is 36.0 Å². The number of aromatic hydroxyl groups is 1. The molecule has 7 atom stereocenters. The second kappa shape index (κ2) is 22.4. The third kappa shape index (κ3) is 12.5. The monoisotopic (exact) mass is 847 g/mol. The first-order valence-electron chi connectivity index (χ1n) is 20.0. The maximum atomic E-state index is 13.7. The van der Waals surface area contributed by atoms with Gasteiger partial charge in [0.25, 0.3) is 0 Å². The van der Waals surface area contributed by atoms with Crippen LogP contribution in [0.25, 0.3) is 0 Å². The van der Waals surface area contributed by atoms with E-state index in [1.54, 1.807) is 12.1 Å². The Hall–Kier alpha value is -4.99. The Morgan fingerprint density at radius 1 is 0.763 bits per heavy atom. The summed E-state index contributed by atoms with van der Waals surface area (Å²) in [5.74, 6) is -5.70. The summed E-state index contributed by atoms with van der Waals surface area (Å²) in [4.78, 5) is 110. The van der Waals surface area contributed by atoms with E-state index in [-0.39, 0.29) is 50.4 Å². The van der Waals surface area contributed by atoms with Crippen LogP contribution in [0.4, 0.5) is 0 Å². The Morgan fingerprint density at radius 3 is 2.00 bits per heavy atom. The number of nitrogens with one attached hydrogen (secondary N) is 4. The third-order valence-corrected chi connectivity index (χ3v) is 11.2. The quantitative estimate of drug-likeness (QED) is 0.0461. The number of aliphatic hydroxyl groups is 1. The van der Waals surface area contributed by atoms with Gasteiger partial charge < -0.3 is 62.8 Å². The van der Waals surface area contributed by atoms with Gasteiger partial charge >= 0.3 is 5.97 Å². The molecule has 3 aliphatic heterocycles. The lowest BCUT2D eigenvalue weighted by molar-refractivity contribution is -0.152. The second-order valence-electron chi connectivity index (χ2n) is 15.0. The summed E-state index contributed by atoms with van der Waals surface area (Å²) in [6.07, 6.45) is 3.53. The lowest BCUT2D eigenvalue weighted by Crippen LogP contribution is -2.58. The summed E-state index contributed by atoms with van der Waals surface area (Å²) in [6, 6.07) is -1.73. The standard InChI is InChI=1S/C38H57N9O11S/c39-14-2-1-6-25(42-32(51)24(40)20-48)34(53)43-26(18-22-10-12-23(49)13-11-22)33(52)41-19-31(50)45-15-3-7-28(45)35(54)44-27(21-59)36(55)46-16-4-8-29(46)37(56)47-17-5-9-30(47)38(57)58/h10-13,24-30,48-49,59H,1-9,14-21,39-40H2,(H,41,52)(H,42,51)(H,43,53)(H,44,54)(H,57,58)/t24-,25-,26-,27-,28-,29-,30-/m0/s1. The minimum Gasteiger partial charge on any atom is -0.508 e. The summed E-state index contributed by atoms with van der Waals surface area (Å²) in [7, 11) is 0. The number of likely N-dealkylation sites (tertiary alicyclic amines) is 3. The maximum absolute atomic E-state index is 13.7. The van der Waals surface area contributed by atoms with Crippen molar-refractivity contribution in [2.24, 2.45) is 11.5 Å². The van der Waals surface area contributed by atoms with Crippen LogP contribution in [0.2, 0.25) is 0 Å². The van der Waals surface area contributed by atoms with Gasteiger partial charge in [-0.1, -0.05) is 12.1 Å². The molecular weight excluding hydrogens is 791 g/mol. The van der Waals surface area contributed by atoms with E-state index in [0.29, 0.717) is 57.1 Å². The van der Waals surface area contributed by atoms with E-state index in [9.17, 15) is 53.7 Å². The molecule has 0 bridgehead atoms. The number of phenolic OH excluding ortho intramolecular Hbond substituents is 1. The summed E-state index contributed by atoms with van der Waals surface area (Å²) < 4.78 is 0. The third-order valence-electron chi connectivity index (χ3n) is 10.9. The van der Waals surface area contributed by atoms with E-state index >= 15 is 0 Å². The van der Waals surface area contributed by atoms with Gasteiger partial charge in [-0.2, -0.15) is 12.6 Å². The number of nitrogens with zero attached hydrogens (tertiary/aromatic N) is 3. The molecular formula is C38H57N9O11S. The first-order valence-corrected chi connectivity index (χ1v) is 20.6. The molecule has 0 saturated carbocycles. The van der Waals surface area contributed by atoms with Gasteiger partial charge in [0, 0.05) is 31.8 Å². The summed E-state index contributed by atoms with van der Waals surface area (Å²) in [6.45, 7) is -0.170. The molecule has 3 fully saturated rings. The van der Waals surface area contributed by atoms with Crippen molar-refractivity contribution in [3.63, 3.8) is 0 Å². The largest absolute Gasteiger partial charge is 0.508 e. The molecule has 0 aromatic heterocycles. The van der Waals surface area contributed by atoms with Gasteiger partial charge in [0.2, 0.25) is 41.4 Å². The van der Waals surface area contributed by atoms with Gasteiger partial charge in [-0.05, 0) is 82.0 Å². The number of amides is 7. The van der Waals surface area contributed by atoms with Crippen molar-refractivity contribution in [3.8, 4) is 5.75 Å². The number of unbranched alkanes of at least 4 members (excludes halogenated alkanes) is 1. The smallest absolute Gasteiger partial charge is 0.326 e. The van der Waals surface area contributed by atoms with Gasteiger partial charge in [-0.15, -0.1) is 0 Å². The fraction of sp³-hybridized carbons (Fsp3) is 0.632. The van der Waals surface area contributed by atoms with E-state index in [4.69, 9.17) is 11.5 Å². The summed E-state index contributed by atoms with van der Waals surface area (Å²) in [5, 5.41) is 39.0. The van der Waals surface area contributed by atoms with Crippen molar-refractivity contribution in [2.45, 2.75) is 107 Å². The van der Waals surface area contributed by atoms with Crippen molar-refractivity contribution in [1.29, 1.82) is 0 Å². The first kappa shape index (κ1) is 46.7. The molecule has 7 amide bonds. The Kier molecular flexibility index (Phi) is 17.7. The zero-order valence-corrected chi connectivity index (χ0v) is 33.8. The minimum atomic E-state index is -1.29. The number of phenols is 1. The number of rotatable bonds is 20. The fourth-order valence-corrected chi connectivity index (χ4v) is 7.86. The van der Waals surface area contributed by atoms with Crippen LogP contribution in [-0.4, -0.2) is 165 Å². The summed E-state index contributed by atoms with van der Waals surface area (Å²) >= 11 is 4.29. The van der Waals surface area contributed by atoms with E-state index in [1.807, 2.05) is 0 Å². The number of benzene rings is 1. The van der Waals surface area contributed by atoms with Gasteiger partial charge in [-0.3, -0.25) is 33.6 Å². The van der Waals surface area contributed by atoms with E-state index < -0.39 is 103 Å². The number of thiol groups is 1. The zero-order chi connectivity index (χ0) is 43.2. The zero-order valence-electron chi connectivity index (χ0n) is 32.9. The molecule has 3 aliphatic rings. The molecule has 59 heavy (non-hydrogen) atoms. The number of aliphatic hydroxyl groups excluding tert-OH is 1. The predicted octanol–water partition coefficient (Wildman–Crippen LogP) is -3.06. The van der Waals surface area contributed by atoms with E-state index in [1.165, 1.54) is 26.8 Å². The lowest BCUT2D eigenvalue weighted by atomic mass is 10.0. The average molecular weight is 848 g/mol. The Balaban J connectivity index is 1.40. The number of carbonyl (C=O) groups excluding carboxylic acids is 7. The minimum absolute atomic E-state index is 0.0231.